The summed E-state index contributed by atoms with van der Waals surface area (Å²) >= 11 is 0. The summed E-state index contributed by atoms with van der Waals surface area (Å²) in [5.74, 6) is -0.571. The van der Waals surface area contributed by atoms with Gasteiger partial charge >= 0.3 is 5.97 Å². The van der Waals surface area contributed by atoms with Crippen LogP contribution in [0.15, 0.2) is 54.6 Å². The molecule has 1 N–H and O–H groups in total. The molecule has 2 aromatic carbocycles. The molecule has 0 heterocycles. The summed E-state index contributed by atoms with van der Waals surface area (Å²) in [4.78, 5) is 23.0. The number of hydrogen-bond acceptors (Lipinski definition) is 3. The van der Waals surface area contributed by atoms with Crippen molar-refractivity contribution in [1.82, 2.24) is 0 Å². The second-order valence-corrected chi connectivity index (χ2v) is 4.94. The van der Waals surface area contributed by atoms with Crippen LogP contribution in [0.25, 0.3) is 0 Å². The van der Waals surface area contributed by atoms with Gasteiger partial charge in [-0.05, 0) is 23.6 Å². The molecule has 0 aliphatic heterocycles. The predicted octanol–water partition coefficient (Wildman–Crippen LogP) is 3.17. The predicted molar refractivity (Wildman–Crippen MR) is 85.6 cm³/mol. The molecule has 2 rings (SSSR count). The Labute approximate surface area is 130 Å². The molecule has 114 valence electrons. The fraction of sp³-hybridized carbons (Fsp3) is 0.222. The van der Waals surface area contributed by atoms with Gasteiger partial charge in [0, 0.05) is 12.1 Å². The summed E-state index contributed by atoms with van der Waals surface area (Å²) in [5.41, 5.74) is 3.00. The smallest absolute Gasteiger partial charge is 0.306 e. The maximum Gasteiger partial charge on any atom is 0.306 e. The highest BCUT2D eigenvalue weighted by molar-refractivity contribution is 5.93. The number of esters is 1. The Hall–Kier alpha value is -2.62. The lowest BCUT2D eigenvalue weighted by molar-refractivity contribution is -0.141. The van der Waals surface area contributed by atoms with Gasteiger partial charge in [0.1, 0.15) is 0 Å². The van der Waals surface area contributed by atoms with E-state index in [9.17, 15) is 9.59 Å². The van der Waals surface area contributed by atoms with Crippen molar-refractivity contribution in [3.8, 4) is 0 Å². The van der Waals surface area contributed by atoms with Gasteiger partial charge in [-0.3, -0.25) is 9.59 Å². The lowest BCUT2D eigenvalue weighted by Crippen LogP contribution is -2.15. The van der Waals surface area contributed by atoms with Crippen molar-refractivity contribution in [2.24, 2.45) is 0 Å². The number of methoxy groups -OCH3 is 1. The standard InChI is InChI=1S/C18H19NO3/c1-22-18(21)12-11-17(20)19-16-10-6-5-9-15(16)13-14-7-3-2-4-8-14/h2-10H,11-13H2,1H3,(H,19,20). The van der Waals surface area contributed by atoms with Gasteiger partial charge in [-0.15, -0.1) is 0 Å². The second kappa shape index (κ2) is 7.98. The third-order valence-electron chi connectivity index (χ3n) is 3.31. The number of para-hydroxylation sites is 1. The first-order valence-electron chi connectivity index (χ1n) is 7.17. The van der Waals surface area contributed by atoms with Crippen molar-refractivity contribution >= 4 is 17.6 Å². The fourth-order valence-electron chi connectivity index (χ4n) is 2.14. The number of carbonyl (C=O) groups excluding carboxylic acids is 2. The summed E-state index contributed by atoms with van der Waals surface area (Å²) in [7, 11) is 1.31. The van der Waals surface area contributed by atoms with Crippen LogP contribution in [-0.4, -0.2) is 19.0 Å². The van der Waals surface area contributed by atoms with Crippen molar-refractivity contribution in [1.29, 1.82) is 0 Å². The van der Waals surface area contributed by atoms with Gasteiger partial charge in [0.05, 0.1) is 13.5 Å². The van der Waals surface area contributed by atoms with E-state index in [1.807, 2.05) is 42.5 Å². The first-order valence-corrected chi connectivity index (χ1v) is 7.17. The van der Waals surface area contributed by atoms with E-state index in [0.717, 1.165) is 17.7 Å². The molecular formula is C18H19NO3. The van der Waals surface area contributed by atoms with Gasteiger partial charge in [-0.25, -0.2) is 0 Å². The van der Waals surface area contributed by atoms with E-state index in [1.54, 1.807) is 0 Å². The van der Waals surface area contributed by atoms with Crippen molar-refractivity contribution in [3.63, 3.8) is 0 Å². The first kappa shape index (κ1) is 15.8. The average Bonchev–Trinajstić information content (AvgIpc) is 2.55. The minimum atomic E-state index is -0.382. The van der Waals surface area contributed by atoms with Crippen molar-refractivity contribution in [2.75, 3.05) is 12.4 Å². The fourth-order valence-corrected chi connectivity index (χ4v) is 2.14. The Kier molecular flexibility index (Phi) is 5.72. The van der Waals surface area contributed by atoms with E-state index in [0.29, 0.717) is 0 Å². The largest absolute Gasteiger partial charge is 0.469 e. The van der Waals surface area contributed by atoms with Crippen LogP contribution in [0.2, 0.25) is 0 Å². The van der Waals surface area contributed by atoms with Gasteiger partial charge in [0.2, 0.25) is 5.91 Å². The van der Waals surface area contributed by atoms with E-state index in [4.69, 9.17) is 0 Å². The van der Waals surface area contributed by atoms with Gasteiger partial charge in [0.15, 0.2) is 0 Å². The minimum absolute atomic E-state index is 0.0865. The average molecular weight is 297 g/mol. The topological polar surface area (TPSA) is 55.4 Å². The second-order valence-electron chi connectivity index (χ2n) is 4.94. The highest BCUT2D eigenvalue weighted by Gasteiger charge is 2.09. The van der Waals surface area contributed by atoms with E-state index >= 15 is 0 Å². The SMILES string of the molecule is COC(=O)CCC(=O)Nc1ccccc1Cc1ccccc1. The first-order chi connectivity index (χ1) is 10.7. The van der Waals surface area contributed by atoms with Crippen LogP contribution < -0.4 is 5.32 Å². The molecule has 0 saturated carbocycles. The maximum absolute atomic E-state index is 11.9. The lowest BCUT2D eigenvalue weighted by Gasteiger charge is -2.11. The molecule has 22 heavy (non-hydrogen) atoms. The number of amides is 1. The summed E-state index contributed by atoms with van der Waals surface area (Å²) in [6.45, 7) is 0. The third kappa shape index (κ3) is 4.74. The number of hydrogen-bond donors (Lipinski definition) is 1. The zero-order valence-electron chi connectivity index (χ0n) is 12.5. The molecule has 1 amide bonds. The number of carbonyl (C=O) groups is 2. The lowest BCUT2D eigenvalue weighted by atomic mass is 10.0. The highest BCUT2D eigenvalue weighted by atomic mass is 16.5. The zero-order chi connectivity index (χ0) is 15.8. The third-order valence-corrected chi connectivity index (χ3v) is 3.31. The Bertz CT molecular complexity index is 638. The molecule has 0 spiro atoms. The molecule has 4 heteroatoms. The normalized spacial score (nSPS) is 10.0. The summed E-state index contributed by atoms with van der Waals surface area (Å²) in [6.07, 6.45) is 0.948. The molecule has 2 aromatic rings. The van der Waals surface area contributed by atoms with E-state index in [-0.39, 0.29) is 24.7 Å². The number of anilines is 1. The van der Waals surface area contributed by atoms with Crippen LogP contribution in [-0.2, 0) is 20.7 Å². The van der Waals surface area contributed by atoms with Crippen molar-refractivity contribution < 1.29 is 14.3 Å². The van der Waals surface area contributed by atoms with Crippen LogP contribution in [0.3, 0.4) is 0 Å². The summed E-state index contributed by atoms with van der Waals surface area (Å²) < 4.78 is 4.53. The van der Waals surface area contributed by atoms with Crippen LogP contribution in [0.5, 0.6) is 0 Å². The number of ether oxygens (including phenoxy) is 1. The summed E-state index contributed by atoms with van der Waals surface area (Å²) in [5, 5.41) is 2.86. The molecule has 0 unspecified atom stereocenters. The summed E-state index contributed by atoms with van der Waals surface area (Å²) in [6, 6.07) is 17.7. The monoisotopic (exact) mass is 297 g/mol. The Morgan fingerprint density at radius 1 is 0.955 bits per heavy atom. The van der Waals surface area contributed by atoms with Gasteiger partial charge < -0.3 is 10.1 Å². The van der Waals surface area contributed by atoms with Crippen molar-refractivity contribution in [3.05, 3.63) is 65.7 Å². The van der Waals surface area contributed by atoms with Gasteiger partial charge in [-0.2, -0.15) is 0 Å². The van der Waals surface area contributed by atoms with Crippen LogP contribution in [0, 0.1) is 0 Å². The molecular weight excluding hydrogens is 278 g/mol. The quantitative estimate of drug-likeness (QED) is 0.833. The molecule has 0 atom stereocenters. The Morgan fingerprint density at radius 2 is 1.64 bits per heavy atom. The molecule has 0 bridgehead atoms. The molecule has 0 saturated heterocycles. The highest BCUT2D eigenvalue weighted by Crippen LogP contribution is 2.19. The van der Waals surface area contributed by atoms with Gasteiger partial charge in [0.25, 0.3) is 0 Å². The maximum atomic E-state index is 11.9. The Balaban J connectivity index is 2.02. The molecule has 0 radical (unpaired) electrons. The molecule has 0 aromatic heterocycles. The molecule has 0 fully saturated rings. The molecule has 4 nitrogen and oxygen atoms in total. The number of nitrogens with one attached hydrogen (secondary N) is 1. The van der Waals surface area contributed by atoms with Crippen LogP contribution in [0.4, 0.5) is 5.69 Å². The number of rotatable bonds is 6. The van der Waals surface area contributed by atoms with Crippen LogP contribution >= 0.6 is 0 Å². The number of benzene rings is 2. The molecule has 0 aliphatic carbocycles. The van der Waals surface area contributed by atoms with Gasteiger partial charge in [-0.1, -0.05) is 48.5 Å². The van der Waals surface area contributed by atoms with E-state index in [2.05, 4.69) is 22.2 Å². The minimum Gasteiger partial charge on any atom is -0.469 e. The van der Waals surface area contributed by atoms with Crippen molar-refractivity contribution in [2.45, 2.75) is 19.3 Å². The molecule has 0 aliphatic rings. The Morgan fingerprint density at radius 3 is 2.36 bits per heavy atom. The zero-order valence-corrected chi connectivity index (χ0v) is 12.5. The van der Waals surface area contributed by atoms with E-state index < -0.39 is 0 Å². The van der Waals surface area contributed by atoms with E-state index in [1.165, 1.54) is 12.7 Å². The van der Waals surface area contributed by atoms with Crippen LogP contribution in [0.1, 0.15) is 24.0 Å².